The van der Waals surface area contributed by atoms with Crippen LogP contribution in [-0.4, -0.2) is 51.1 Å². The first-order chi connectivity index (χ1) is 21.5. The van der Waals surface area contributed by atoms with Crippen LogP contribution in [0.3, 0.4) is 0 Å². The van der Waals surface area contributed by atoms with Crippen molar-refractivity contribution in [3.8, 4) is 11.4 Å². The van der Waals surface area contributed by atoms with Crippen LogP contribution in [0, 0.1) is 12.7 Å². The van der Waals surface area contributed by atoms with Gasteiger partial charge in [0.2, 0.25) is 5.91 Å². The van der Waals surface area contributed by atoms with Crippen LogP contribution in [0.5, 0.6) is 5.75 Å². The number of benzene rings is 3. The number of aromatic nitrogens is 3. The fourth-order valence-electron chi connectivity index (χ4n) is 4.28. The number of thioether (sulfide) groups is 1. The number of hydrogen-bond donors (Lipinski definition) is 2. The molecule has 11 nitrogen and oxygen atoms in total. The molecule has 2 N–H and O–H groups in total. The van der Waals surface area contributed by atoms with Crippen LogP contribution in [0.15, 0.2) is 72.0 Å². The summed E-state index contributed by atoms with van der Waals surface area (Å²) in [5.41, 5.74) is 2.92. The molecule has 3 aromatic carbocycles. The molecule has 1 aromatic heterocycles. The number of amidine groups is 1. The fraction of sp³-hybridized carbons (Fsp3) is 0.207. The predicted molar refractivity (Wildman–Crippen MR) is 160 cm³/mol. The highest BCUT2D eigenvalue weighted by Gasteiger charge is 2.32. The number of ether oxygens (including phenoxy) is 2. The molecule has 0 saturated carbocycles. The normalized spacial score (nSPS) is 14.2. The minimum absolute atomic E-state index is 0.0947. The van der Waals surface area contributed by atoms with Crippen LogP contribution in [0.2, 0.25) is 0 Å². The topological polar surface area (TPSA) is 123 Å². The Morgan fingerprint density at radius 2 is 1.89 bits per heavy atom. The maximum Gasteiger partial charge on any atom is 0.573 e. The summed E-state index contributed by atoms with van der Waals surface area (Å²) < 4.78 is 62.5. The summed E-state index contributed by atoms with van der Waals surface area (Å²) in [6.07, 6.45) is -3.41. The second-order valence-corrected chi connectivity index (χ2v) is 10.5. The van der Waals surface area contributed by atoms with E-state index < -0.39 is 18.2 Å². The van der Waals surface area contributed by atoms with E-state index in [1.807, 2.05) is 25.1 Å². The number of aliphatic imine (C=N–C) groups is 1. The quantitative estimate of drug-likeness (QED) is 0.212. The molecule has 0 unspecified atom stereocenters. The molecule has 1 saturated heterocycles. The van der Waals surface area contributed by atoms with Crippen molar-refractivity contribution in [2.75, 3.05) is 28.4 Å². The van der Waals surface area contributed by atoms with Crippen LogP contribution >= 0.6 is 11.8 Å². The number of urea groups is 1. The molecule has 45 heavy (non-hydrogen) atoms. The van der Waals surface area contributed by atoms with Crippen molar-refractivity contribution in [3.63, 3.8) is 0 Å². The van der Waals surface area contributed by atoms with Crippen molar-refractivity contribution in [2.24, 2.45) is 4.99 Å². The summed E-state index contributed by atoms with van der Waals surface area (Å²) in [4.78, 5) is 35.0. The third-order valence-electron chi connectivity index (χ3n) is 6.28. The van der Waals surface area contributed by atoms with Crippen LogP contribution in [0.4, 0.5) is 39.4 Å². The van der Waals surface area contributed by atoms with Gasteiger partial charge in [-0.05, 0) is 61.0 Å². The molecule has 0 spiro atoms. The molecular formula is C29H25F4N7O4S. The molecular weight excluding hydrogens is 618 g/mol. The van der Waals surface area contributed by atoms with Gasteiger partial charge in [0.25, 0.3) is 0 Å². The SMILES string of the molecule is COCc1ccc(C)cc1N1C(=O)CSC1=NC(=O)Nc1ccc(NCc2ncn(-c3ccc(OC(F)(F)F)cc3)n2)cc1F. The minimum atomic E-state index is -4.79. The highest BCUT2D eigenvalue weighted by atomic mass is 32.2. The van der Waals surface area contributed by atoms with E-state index in [-0.39, 0.29) is 41.4 Å². The van der Waals surface area contributed by atoms with Gasteiger partial charge in [-0.15, -0.1) is 18.3 Å². The zero-order chi connectivity index (χ0) is 32.1. The second kappa shape index (κ2) is 13.4. The lowest BCUT2D eigenvalue weighted by Gasteiger charge is -2.20. The first-order valence-electron chi connectivity index (χ1n) is 13.2. The summed E-state index contributed by atoms with van der Waals surface area (Å²) >= 11 is 1.10. The van der Waals surface area contributed by atoms with Gasteiger partial charge in [-0.3, -0.25) is 9.69 Å². The van der Waals surface area contributed by atoms with Crippen molar-refractivity contribution < 1.29 is 36.6 Å². The van der Waals surface area contributed by atoms with Crippen LogP contribution in [-0.2, 0) is 22.7 Å². The number of nitrogens with one attached hydrogen (secondary N) is 2. The lowest BCUT2D eigenvalue weighted by atomic mass is 10.1. The fourth-order valence-corrected chi connectivity index (χ4v) is 5.14. The van der Waals surface area contributed by atoms with E-state index in [1.54, 1.807) is 7.11 Å². The third-order valence-corrected chi connectivity index (χ3v) is 7.20. The van der Waals surface area contributed by atoms with E-state index in [4.69, 9.17) is 4.74 Å². The minimum Gasteiger partial charge on any atom is -0.406 e. The molecule has 0 bridgehead atoms. The van der Waals surface area contributed by atoms with E-state index >= 15 is 0 Å². The summed E-state index contributed by atoms with van der Waals surface area (Å²) in [5, 5.41) is 9.80. The van der Waals surface area contributed by atoms with Crippen molar-refractivity contribution in [1.29, 1.82) is 0 Å². The third kappa shape index (κ3) is 7.96. The molecule has 4 aromatic rings. The summed E-state index contributed by atoms with van der Waals surface area (Å²) in [7, 11) is 1.54. The molecule has 16 heteroatoms. The van der Waals surface area contributed by atoms with Gasteiger partial charge < -0.3 is 20.1 Å². The number of nitrogens with zero attached hydrogens (tertiary/aromatic N) is 5. The number of alkyl halides is 3. The lowest BCUT2D eigenvalue weighted by molar-refractivity contribution is -0.274. The number of carbonyl (C=O) groups is 2. The number of carbonyl (C=O) groups excluding carboxylic acids is 2. The highest BCUT2D eigenvalue weighted by molar-refractivity contribution is 8.15. The standard InChI is InChI=1S/C29H25F4N7O4S/c1-17-3-4-18(14-43-2)24(11-17)40-26(41)15-45-28(40)37-27(42)36-23-10-5-19(12-22(23)30)34-13-25-35-16-39(38-25)20-6-8-21(9-7-20)44-29(31,32)33/h3-12,16,34H,13-15H2,1-2H3,(H,36,42). The molecule has 0 radical (unpaired) electrons. The molecule has 1 fully saturated rings. The van der Waals surface area contributed by atoms with Gasteiger partial charge in [0.05, 0.1) is 36.0 Å². The lowest BCUT2D eigenvalue weighted by Crippen LogP contribution is -2.31. The maximum atomic E-state index is 14.9. The number of hydrogen-bond acceptors (Lipinski definition) is 8. The van der Waals surface area contributed by atoms with E-state index in [2.05, 4.69) is 30.4 Å². The van der Waals surface area contributed by atoms with Crippen LogP contribution in [0.25, 0.3) is 5.69 Å². The summed E-state index contributed by atoms with van der Waals surface area (Å²) in [5.74, 6) is -0.923. The van der Waals surface area contributed by atoms with E-state index in [9.17, 15) is 27.2 Å². The monoisotopic (exact) mass is 643 g/mol. The van der Waals surface area contributed by atoms with Gasteiger partial charge in [-0.25, -0.2) is 18.9 Å². The van der Waals surface area contributed by atoms with Crippen LogP contribution in [0.1, 0.15) is 17.0 Å². The first-order valence-corrected chi connectivity index (χ1v) is 14.2. The Morgan fingerprint density at radius 1 is 1.11 bits per heavy atom. The van der Waals surface area contributed by atoms with Gasteiger partial charge in [-0.2, -0.15) is 4.99 Å². The van der Waals surface area contributed by atoms with Gasteiger partial charge in [0, 0.05) is 18.4 Å². The van der Waals surface area contributed by atoms with Crippen molar-refractivity contribution in [3.05, 3.63) is 89.8 Å². The molecule has 234 valence electrons. The predicted octanol–water partition coefficient (Wildman–Crippen LogP) is 6.04. The Hall–Kier alpha value is -4.96. The van der Waals surface area contributed by atoms with E-state index in [0.717, 1.165) is 35.0 Å². The Morgan fingerprint density at radius 3 is 2.60 bits per heavy atom. The molecule has 0 aliphatic carbocycles. The molecule has 2 heterocycles. The summed E-state index contributed by atoms with van der Waals surface area (Å²) in [6, 6.07) is 13.8. The zero-order valence-corrected chi connectivity index (χ0v) is 24.6. The number of amides is 3. The molecule has 0 atom stereocenters. The van der Waals surface area contributed by atoms with Crippen LogP contribution < -0.4 is 20.3 Å². The maximum absolute atomic E-state index is 14.9. The van der Waals surface area contributed by atoms with Crippen molar-refractivity contribution in [1.82, 2.24) is 14.8 Å². The van der Waals surface area contributed by atoms with Gasteiger partial charge in [0.1, 0.15) is 17.9 Å². The van der Waals surface area contributed by atoms with E-state index in [0.29, 0.717) is 22.9 Å². The Kier molecular flexibility index (Phi) is 9.34. The molecule has 1 aliphatic heterocycles. The largest absolute Gasteiger partial charge is 0.573 e. The van der Waals surface area contributed by atoms with Gasteiger partial charge in [-0.1, -0.05) is 23.9 Å². The first kappa shape index (κ1) is 31.5. The van der Waals surface area contributed by atoms with Crippen molar-refractivity contribution in [2.45, 2.75) is 26.4 Å². The number of methoxy groups -OCH3 is 1. The number of halogens is 4. The summed E-state index contributed by atoms with van der Waals surface area (Å²) in [6.45, 7) is 2.24. The van der Waals surface area contributed by atoms with E-state index in [1.165, 1.54) is 46.2 Å². The molecule has 5 rings (SSSR count). The number of anilines is 3. The molecule has 1 aliphatic rings. The molecule has 3 amide bonds. The van der Waals surface area contributed by atoms with Gasteiger partial charge in [0.15, 0.2) is 11.0 Å². The Bertz CT molecular complexity index is 1750. The average molecular weight is 644 g/mol. The second-order valence-electron chi connectivity index (χ2n) is 9.60. The van der Waals surface area contributed by atoms with Crippen molar-refractivity contribution >= 4 is 45.9 Å². The smallest absolute Gasteiger partial charge is 0.406 e. The number of rotatable bonds is 9. The van der Waals surface area contributed by atoms with Gasteiger partial charge >= 0.3 is 12.4 Å². The Labute approximate surface area is 258 Å². The highest BCUT2D eigenvalue weighted by Crippen LogP contribution is 2.31. The number of aryl methyl sites for hydroxylation is 1. The average Bonchev–Trinajstić information content (AvgIpc) is 3.60. The Balaban J connectivity index is 1.21. The zero-order valence-electron chi connectivity index (χ0n) is 23.8.